The molecule has 88 valence electrons. The number of hydrogen-bond donors (Lipinski definition) is 1. The first-order valence-electron chi connectivity index (χ1n) is 4.66. The highest BCUT2D eigenvalue weighted by Crippen LogP contribution is 2.15. The highest BCUT2D eigenvalue weighted by molar-refractivity contribution is 8.13. The van der Waals surface area contributed by atoms with Crippen molar-refractivity contribution in [3.05, 3.63) is 29.8 Å². The van der Waals surface area contributed by atoms with Crippen molar-refractivity contribution in [1.29, 1.82) is 0 Å². The van der Waals surface area contributed by atoms with Crippen molar-refractivity contribution in [2.24, 2.45) is 0 Å². The zero-order chi connectivity index (χ0) is 12.3. The molecule has 0 aliphatic heterocycles. The molecule has 0 heterocycles. The molecule has 0 radical (unpaired) electrons. The molecule has 0 saturated heterocycles. The highest BCUT2D eigenvalue weighted by atomic mass is 35.7. The molecule has 0 aliphatic rings. The maximum absolute atomic E-state index is 11.5. The second kappa shape index (κ2) is 4.84. The van der Waals surface area contributed by atoms with Gasteiger partial charge in [-0.2, -0.15) is 0 Å². The van der Waals surface area contributed by atoms with Crippen molar-refractivity contribution in [3.8, 4) is 0 Å². The van der Waals surface area contributed by atoms with Gasteiger partial charge in [-0.15, -0.1) is 0 Å². The molecule has 0 aromatic heterocycles. The first-order valence-corrected chi connectivity index (χ1v) is 6.97. The van der Waals surface area contributed by atoms with Crippen molar-refractivity contribution in [2.75, 3.05) is 0 Å². The average Bonchev–Trinajstić information content (AvgIpc) is 2.15. The van der Waals surface area contributed by atoms with Gasteiger partial charge in [-0.1, -0.05) is 0 Å². The number of halogens is 1. The van der Waals surface area contributed by atoms with Crippen molar-refractivity contribution in [1.82, 2.24) is 5.32 Å². The first-order chi connectivity index (χ1) is 7.30. The minimum absolute atomic E-state index is 0.0183. The van der Waals surface area contributed by atoms with E-state index in [0.717, 1.165) is 0 Å². The SMILES string of the molecule is CC(C)NC(=O)c1ccc(S(=O)(=O)Cl)cc1. The summed E-state index contributed by atoms with van der Waals surface area (Å²) >= 11 is 0. The summed E-state index contributed by atoms with van der Waals surface area (Å²) in [5.74, 6) is -0.242. The van der Waals surface area contributed by atoms with Crippen LogP contribution in [0, 0.1) is 0 Å². The molecule has 0 unspecified atom stereocenters. The summed E-state index contributed by atoms with van der Waals surface area (Å²) in [6.07, 6.45) is 0. The van der Waals surface area contributed by atoms with E-state index in [1.54, 1.807) is 0 Å². The second-order valence-corrected chi connectivity index (χ2v) is 6.16. The third-order valence-corrected chi connectivity index (χ3v) is 3.19. The lowest BCUT2D eigenvalue weighted by Gasteiger charge is -2.08. The van der Waals surface area contributed by atoms with Crippen LogP contribution in [0.25, 0.3) is 0 Å². The molecule has 1 amide bonds. The lowest BCUT2D eigenvalue weighted by molar-refractivity contribution is 0.0943. The Kier molecular flexibility index (Phi) is 3.93. The second-order valence-electron chi connectivity index (χ2n) is 3.59. The number of carbonyl (C=O) groups excluding carboxylic acids is 1. The van der Waals surface area contributed by atoms with Gasteiger partial charge in [0.25, 0.3) is 15.0 Å². The fourth-order valence-corrected chi connectivity index (χ4v) is 1.88. The van der Waals surface area contributed by atoms with Crippen molar-refractivity contribution < 1.29 is 13.2 Å². The predicted molar refractivity (Wildman–Crippen MR) is 62.1 cm³/mol. The van der Waals surface area contributed by atoms with Gasteiger partial charge in [-0.25, -0.2) is 8.42 Å². The van der Waals surface area contributed by atoms with E-state index < -0.39 is 9.05 Å². The number of carbonyl (C=O) groups is 1. The number of benzene rings is 1. The molecule has 0 aliphatic carbocycles. The summed E-state index contributed by atoms with van der Waals surface area (Å²) in [4.78, 5) is 11.5. The van der Waals surface area contributed by atoms with E-state index in [9.17, 15) is 13.2 Å². The molecule has 0 spiro atoms. The van der Waals surface area contributed by atoms with Gasteiger partial charge in [-0.3, -0.25) is 4.79 Å². The van der Waals surface area contributed by atoms with Gasteiger partial charge in [0.15, 0.2) is 0 Å². The fourth-order valence-electron chi connectivity index (χ4n) is 1.11. The largest absolute Gasteiger partial charge is 0.350 e. The van der Waals surface area contributed by atoms with Gasteiger partial charge in [0.05, 0.1) is 4.90 Å². The van der Waals surface area contributed by atoms with Gasteiger partial charge >= 0.3 is 0 Å². The van der Waals surface area contributed by atoms with E-state index in [1.165, 1.54) is 24.3 Å². The Hall–Kier alpha value is -1.07. The molecule has 1 N–H and O–H groups in total. The highest BCUT2D eigenvalue weighted by Gasteiger charge is 2.11. The van der Waals surface area contributed by atoms with Crippen LogP contribution >= 0.6 is 10.7 Å². The van der Waals surface area contributed by atoms with Gasteiger partial charge in [-0.05, 0) is 38.1 Å². The molecule has 0 bridgehead atoms. The lowest BCUT2D eigenvalue weighted by atomic mass is 10.2. The number of amides is 1. The number of rotatable bonds is 3. The van der Waals surface area contributed by atoms with E-state index in [2.05, 4.69) is 5.32 Å². The maximum atomic E-state index is 11.5. The quantitative estimate of drug-likeness (QED) is 0.843. The lowest BCUT2D eigenvalue weighted by Crippen LogP contribution is -2.29. The van der Waals surface area contributed by atoms with E-state index in [0.29, 0.717) is 5.56 Å². The Bertz CT molecular complexity index is 479. The Balaban J connectivity index is 2.92. The molecule has 4 nitrogen and oxygen atoms in total. The third-order valence-electron chi connectivity index (χ3n) is 1.82. The maximum Gasteiger partial charge on any atom is 0.261 e. The van der Waals surface area contributed by atoms with Crippen LogP contribution in [0.1, 0.15) is 24.2 Å². The van der Waals surface area contributed by atoms with E-state index in [4.69, 9.17) is 10.7 Å². The standard InChI is InChI=1S/C10H12ClNO3S/c1-7(2)12-10(13)8-3-5-9(6-4-8)16(11,14)15/h3-7H,1-2H3,(H,12,13). The summed E-state index contributed by atoms with van der Waals surface area (Å²) in [6.45, 7) is 3.69. The third kappa shape index (κ3) is 3.50. The molecule has 6 heteroatoms. The minimum Gasteiger partial charge on any atom is -0.350 e. The monoisotopic (exact) mass is 261 g/mol. The van der Waals surface area contributed by atoms with Crippen molar-refractivity contribution >= 4 is 25.6 Å². The zero-order valence-electron chi connectivity index (χ0n) is 8.90. The van der Waals surface area contributed by atoms with Crippen LogP contribution in [0.2, 0.25) is 0 Å². The Morgan fingerprint density at radius 3 is 2.12 bits per heavy atom. The Labute approximate surface area is 99.0 Å². The molecular weight excluding hydrogens is 250 g/mol. The minimum atomic E-state index is -3.73. The fraction of sp³-hybridized carbons (Fsp3) is 0.300. The molecule has 16 heavy (non-hydrogen) atoms. The van der Waals surface area contributed by atoms with Crippen LogP contribution in [-0.4, -0.2) is 20.4 Å². The van der Waals surface area contributed by atoms with Crippen LogP contribution < -0.4 is 5.32 Å². The molecule has 1 aromatic rings. The van der Waals surface area contributed by atoms with Gasteiger partial charge in [0.2, 0.25) is 0 Å². The molecule has 1 rings (SSSR count). The molecule has 0 fully saturated rings. The van der Waals surface area contributed by atoms with Crippen LogP contribution in [0.3, 0.4) is 0 Å². The molecular formula is C10H12ClNO3S. The van der Waals surface area contributed by atoms with Crippen LogP contribution in [-0.2, 0) is 9.05 Å². The number of nitrogens with one attached hydrogen (secondary N) is 1. The molecule has 0 atom stereocenters. The summed E-state index contributed by atoms with van der Waals surface area (Å²) < 4.78 is 21.9. The summed E-state index contributed by atoms with van der Waals surface area (Å²) in [6, 6.07) is 5.48. The van der Waals surface area contributed by atoms with Crippen molar-refractivity contribution in [2.45, 2.75) is 24.8 Å². The topological polar surface area (TPSA) is 63.2 Å². The number of hydrogen-bond acceptors (Lipinski definition) is 3. The van der Waals surface area contributed by atoms with E-state index >= 15 is 0 Å². The zero-order valence-corrected chi connectivity index (χ0v) is 10.5. The Morgan fingerprint density at radius 1 is 1.25 bits per heavy atom. The predicted octanol–water partition coefficient (Wildman–Crippen LogP) is 1.75. The van der Waals surface area contributed by atoms with Gasteiger partial charge in [0, 0.05) is 22.3 Å². The normalized spacial score (nSPS) is 11.5. The van der Waals surface area contributed by atoms with Crippen molar-refractivity contribution in [3.63, 3.8) is 0 Å². The molecule has 0 saturated carbocycles. The van der Waals surface area contributed by atoms with E-state index in [-0.39, 0.29) is 16.8 Å². The average molecular weight is 262 g/mol. The van der Waals surface area contributed by atoms with E-state index in [1.807, 2.05) is 13.8 Å². The van der Waals surface area contributed by atoms with Crippen LogP contribution in [0.4, 0.5) is 0 Å². The van der Waals surface area contributed by atoms with Gasteiger partial charge < -0.3 is 5.32 Å². The smallest absolute Gasteiger partial charge is 0.261 e. The van der Waals surface area contributed by atoms with Crippen LogP contribution in [0.15, 0.2) is 29.2 Å². The Morgan fingerprint density at radius 2 is 1.75 bits per heavy atom. The van der Waals surface area contributed by atoms with Crippen LogP contribution in [0.5, 0.6) is 0 Å². The first kappa shape index (κ1) is 13.0. The van der Waals surface area contributed by atoms with Gasteiger partial charge in [0.1, 0.15) is 0 Å². The summed E-state index contributed by atoms with van der Waals surface area (Å²) in [5, 5.41) is 2.70. The summed E-state index contributed by atoms with van der Waals surface area (Å²) in [5.41, 5.74) is 0.401. The molecule has 1 aromatic carbocycles. The summed E-state index contributed by atoms with van der Waals surface area (Å²) in [7, 11) is 1.42.